The van der Waals surface area contributed by atoms with E-state index >= 15 is 0 Å². The molecular weight excluding hydrogens is 254 g/mol. The van der Waals surface area contributed by atoms with Gasteiger partial charge in [0.2, 0.25) is 0 Å². The maximum absolute atomic E-state index is 5.65. The lowest BCUT2D eigenvalue weighted by molar-refractivity contribution is 0.115. The summed E-state index contributed by atoms with van der Waals surface area (Å²) in [4.78, 5) is 11.5. The molecule has 2 aliphatic heterocycles. The van der Waals surface area contributed by atoms with Crippen molar-refractivity contribution in [2.45, 2.75) is 30.9 Å². The number of aromatic nitrogens is 2. The van der Waals surface area contributed by atoms with Gasteiger partial charge in [0.1, 0.15) is 11.6 Å². The first-order valence-corrected chi connectivity index (χ1v) is 7.37. The van der Waals surface area contributed by atoms with Crippen LogP contribution in [0.2, 0.25) is 0 Å². The molecule has 3 rings (SSSR count). The lowest BCUT2D eigenvalue weighted by Gasteiger charge is -2.18. The number of anilines is 1. The van der Waals surface area contributed by atoms with Gasteiger partial charge in [-0.2, -0.15) is 0 Å². The van der Waals surface area contributed by atoms with Crippen molar-refractivity contribution in [2.75, 3.05) is 38.2 Å². The number of nitrogens with one attached hydrogen (secondary N) is 1. The van der Waals surface area contributed by atoms with E-state index in [-0.39, 0.29) is 12.0 Å². The summed E-state index contributed by atoms with van der Waals surface area (Å²) in [5.74, 6) is 2.21. The first-order valence-electron chi connectivity index (χ1n) is 7.37. The number of rotatable bonds is 4. The molecule has 1 aromatic rings. The van der Waals surface area contributed by atoms with Crippen LogP contribution in [0.3, 0.4) is 0 Å². The van der Waals surface area contributed by atoms with Gasteiger partial charge in [0.05, 0.1) is 12.7 Å². The fourth-order valence-electron chi connectivity index (χ4n) is 2.99. The van der Waals surface area contributed by atoms with Gasteiger partial charge in [-0.25, -0.2) is 9.97 Å². The number of hydrogen-bond acceptors (Lipinski definition) is 6. The average molecular weight is 277 g/mol. The molecule has 0 amide bonds. The molecular formula is C14H23N5O. The Balaban J connectivity index is 1.70. The first kappa shape index (κ1) is 13.7. The summed E-state index contributed by atoms with van der Waals surface area (Å²) in [5, 5.41) is 3.33. The Morgan fingerprint density at radius 2 is 2.45 bits per heavy atom. The number of ether oxygens (including phenoxy) is 1. The monoisotopic (exact) mass is 277 g/mol. The average Bonchev–Trinajstić information content (AvgIpc) is 3.16. The van der Waals surface area contributed by atoms with Gasteiger partial charge in [0.25, 0.3) is 0 Å². The molecule has 6 heteroatoms. The van der Waals surface area contributed by atoms with E-state index in [2.05, 4.69) is 15.2 Å². The van der Waals surface area contributed by atoms with Crippen molar-refractivity contribution in [3.05, 3.63) is 18.1 Å². The third-order valence-electron chi connectivity index (χ3n) is 4.29. The maximum Gasteiger partial charge on any atom is 0.136 e. The van der Waals surface area contributed by atoms with Crippen LogP contribution in [0, 0.1) is 0 Å². The van der Waals surface area contributed by atoms with Gasteiger partial charge < -0.3 is 20.7 Å². The molecule has 2 aliphatic rings. The van der Waals surface area contributed by atoms with Gasteiger partial charge >= 0.3 is 0 Å². The summed E-state index contributed by atoms with van der Waals surface area (Å²) in [6, 6.07) is 2.56. The normalized spacial score (nSPS) is 30.1. The molecule has 0 radical (unpaired) electrons. The third-order valence-corrected chi connectivity index (χ3v) is 4.29. The Morgan fingerprint density at radius 1 is 1.55 bits per heavy atom. The second-order valence-electron chi connectivity index (χ2n) is 5.62. The van der Waals surface area contributed by atoms with Crippen LogP contribution in [0.15, 0.2) is 12.3 Å². The molecule has 2 unspecified atom stereocenters. The van der Waals surface area contributed by atoms with E-state index in [1.807, 2.05) is 19.3 Å². The Labute approximate surface area is 119 Å². The van der Waals surface area contributed by atoms with Gasteiger partial charge in [-0.3, -0.25) is 0 Å². The lowest BCUT2D eigenvalue weighted by atomic mass is 10.1. The zero-order valence-corrected chi connectivity index (χ0v) is 12.0. The van der Waals surface area contributed by atoms with Crippen LogP contribution in [0.5, 0.6) is 0 Å². The molecule has 3 heterocycles. The van der Waals surface area contributed by atoms with E-state index in [1.165, 1.54) is 0 Å². The molecule has 110 valence electrons. The summed E-state index contributed by atoms with van der Waals surface area (Å²) in [7, 11) is 2.02. The Bertz CT molecular complexity index is 418. The molecule has 0 aromatic carbocycles. The highest BCUT2D eigenvalue weighted by Crippen LogP contribution is 2.28. The minimum absolute atomic E-state index is 0.160. The minimum Gasteiger partial charge on any atom is -0.376 e. The van der Waals surface area contributed by atoms with Gasteiger partial charge in [-0.1, -0.05) is 0 Å². The molecule has 1 aromatic heterocycles. The van der Waals surface area contributed by atoms with E-state index in [0.29, 0.717) is 19.2 Å². The van der Waals surface area contributed by atoms with Crippen molar-refractivity contribution in [3.63, 3.8) is 0 Å². The molecule has 6 nitrogen and oxygen atoms in total. The number of nitrogens with zero attached hydrogens (tertiary/aromatic N) is 3. The summed E-state index contributed by atoms with van der Waals surface area (Å²) < 4.78 is 5.64. The van der Waals surface area contributed by atoms with E-state index < -0.39 is 0 Å². The van der Waals surface area contributed by atoms with Crippen molar-refractivity contribution >= 4 is 5.82 Å². The predicted molar refractivity (Wildman–Crippen MR) is 77.9 cm³/mol. The van der Waals surface area contributed by atoms with Gasteiger partial charge in [-0.15, -0.1) is 0 Å². The highest BCUT2D eigenvalue weighted by atomic mass is 16.5. The highest BCUT2D eigenvalue weighted by molar-refractivity contribution is 5.39. The summed E-state index contributed by atoms with van der Waals surface area (Å²) in [6.45, 7) is 3.32. The van der Waals surface area contributed by atoms with Crippen molar-refractivity contribution in [3.8, 4) is 0 Å². The molecule has 0 bridgehead atoms. The number of nitrogens with two attached hydrogens (primary N) is 1. The topological polar surface area (TPSA) is 76.3 Å². The van der Waals surface area contributed by atoms with Gasteiger partial charge in [-0.05, 0) is 26.0 Å². The van der Waals surface area contributed by atoms with Crippen molar-refractivity contribution in [1.29, 1.82) is 0 Å². The zero-order chi connectivity index (χ0) is 13.9. The molecule has 3 atom stereocenters. The van der Waals surface area contributed by atoms with Crippen molar-refractivity contribution in [1.82, 2.24) is 15.3 Å². The standard InChI is InChI=1S/C14H23N5O/c1-16-11-3-5-19(8-11)13-2-4-17-14(18-13)10-6-12(7-15)20-9-10/h2,4,10-12,16H,3,5-9,15H2,1H3/t10?,11-,12?/m1/s1. The highest BCUT2D eigenvalue weighted by Gasteiger charge is 2.29. The van der Waals surface area contributed by atoms with E-state index in [1.54, 1.807) is 0 Å². The largest absolute Gasteiger partial charge is 0.376 e. The second kappa shape index (κ2) is 6.03. The van der Waals surface area contributed by atoms with E-state index in [9.17, 15) is 0 Å². The first-order chi connectivity index (χ1) is 9.80. The zero-order valence-electron chi connectivity index (χ0n) is 12.0. The van der Waals surface area contributed by atoms with Crippen molar-refractivity contribution < 1.29 is 4.74 Å². The molecule has 0 aliphatic carbocycles. The van der Waals surface area contributed by atoms with Crippen LogP contribution in [0.1, 0.15) is 24.6 Å². The minimum atomic E-state index is 0.160. The fraction of sp³-hybridized carbons (Fsp3) is 0.714. The van der Waals surface area contributed by atoms with Crippen LogP contribution in [0.25, 0.3) is 0 Å². The van der Waals surface area contributed by atoms with Crippen LogP contribution in [-0.4, -0.2) is 55.4 Å². The summed E-state index contributed by atoms with van der Waals surface area (Å²) in [5.41, 5.74) is 5.65. The molecule has 20 heavy (non-hydrogen) atoms. The van der Waals surface area contributed by atoms with Crippen LogP contribution in [0.4, 0.5) is 5.82 Å². The van der Waals surface area contributed by atoms with Crippen LogP contribution < -0.4 is 16.0 Å². The second-order valence-corrected chi connectivity index (χ2v) is 5.62. The molecule has 0 spiro atoms. The predicted octanol–water partition coefficient (Wildman–Crippen LogP) is 0.106. The Kier molecular flexibility index (Phi) is 4.14. The van der Waals surface area contributed by atoms with E-state index in [4.69, 9.17) is 15.5 Å². The third kappa shape index (κ3) is 2.77. The van der Waals surface area contributed by atoms with E-state index in [0.717, 1.165) is 37.6 Å². The lowest BCUT2D eigenvalue weighted by Crippen LogP contribution is -2.30. The van der Waals surface area contributed by atoms with Gasteiger partial charge in [0, 0.05) is 37.8 Å². The molecule has 3 N–H and O–H groups in total. The molecule has 0 saturated carbocycles. The van der Waals surface area contributed by atoms with Crippen LogP contribution in [-0.2, 0) is 4.74 Å². The Morgan fingerprint density at radius 3 is 3.15 bits per heavy atom. The smallest absolute Gasteiger partial charge is 0.136 e. The molecule has 2 fully saturated rings. The number of hydrogen-bond donors (Lipinski definition) is 2. The molecule has 2 saturated heterocycles. The van der Waals surface area contributed by atoms with Crippen molar-refractivity contribution in [2.24, 2.45) is 5.73 Å². The summed E-state index contributed by atoms with van der Waals surface area (Å²) in [6.07, 6.45) is 4.12. The maximum atomic E-state index is 5.65. The SMILES string of the molecule is CN[C@@H]1CCN(c2ccnc(C3COC(CN)C3)n2)C1. The number of likely N-dealkylation sites (N-methyl/N-ethyl adjacent to an activating group) is 1. The quantitative estimate of drug-likeness (QED) is 0.813. The fourth-order valence-corrected chi connectivity index (χ4v) is 2.99. The Hall–Kier alpha value is -1.24. The van der Waals surface area contributed by atoms with Crippen LogP contribution >= 0.6 is 0 Å². The summed E-state index contributed by atoms with van der Waals surface area (Å²) >= 11 is 0. The van der Waals surface area contributed by atoms with Gasteiger partial charge in [0.15, 0.2) is 0 Å².